The molecule has 2 aromatic rings. The smallest absolute Gasteiger partial charge is 0.119 e. The Labute approximate surface area is 93.7 Å². The van der Waals surface area contributed by atoms with Crippen molar-refractivity contribution in [2.45, 2.75) is 6.61 Å². The van der Waals surface area contributed by atoms with Crippen molar-refractivity contribution in [3.05, 3.63) is 47.8 Å². The van der Waals surface area contributed by atoms with Crippen molar-refractivity contribution in [3.63, 3.8) is 0 Å². The van der Waals surface area contributed by atoms with Crippen molar-refractivity contribution in [2.24, 2.45) is 7.05 Å². The lowest BCUT2D eigenvalue weighted by molar-refractivity contribution is 0.306. The van der Waals surface area contributed by atoms with Gasteiger partial charge in [-0.2, -0.15) is 10.4 Å². The lowest BCUT2D eigenvalue weighted by Crippen LogP contribution is -1.94. The van der Waals surface area contributed by atoms with Gasteiger partial charge in [0, 0.05) is 18.8 Å². The zero-order valence-electron chi connectivity index (χ0n) is 8.92. The molecular weight excluding hydrogens is 202 g/mol. The second-order valence-electron chi connectivity index (χ2n) is 3.45. The molecule has 4 heteroatoms. The molecule has 80 valence electrons. The van der Waals surface area contributed by atoms with E-state index in [2.05, 4.69) is 11.2 Å². The Morgan fingerprint density at radius 1 is 1.38 bits per heavy atom. The van der Waals surface area contributed by atoms with E-state index >= 15 is 0 Å². The van der Waals surface area contributed by atoms with Crippen LogP contribution in [0.25, 0.3) is 0 Å². The number of hydrogen-bond donors (Lipinski definition) is 0. The Bertz CT molecular complexity index is 508. The van der Waals surface area contributed by atoms with Crippen LogP contribution in [0.5, 0.6) is 5.75 Å². The van der Waals surface area contributed by atoms with Crippen molar-refractivity contribution in [2.75, 3.05) is 0 Å². The highest BCUT2D eigenvalue weighted by molar-refractivity contribution is 5.34. The van der Waals surface area contributed by atoms with Crippen LogP contribution in [0.1, 0.15) is 11.1 Å². The van der Waals surface area contributed by atoms with E-state index < -0.39 is 0 Å². The van der Waals surface area contributed by atoms with E-state index in [0.717, 1.165) is 11.3 Å². The van der Waals surface area contributed by atoms with Crippen LogP contribution in [0.15, 0.2) is 36.7 Å². The van der Waals surface area contributed by atoms with E-state index in [1.54, 1.807) is 35.1 Å². The molecule has 0 unspecified atom stereocenters. The minimum atomic E-state index is 0.486. The third-order valence-corrected chi connectivity index (χ3v) is 2.15. The van der Waals surface area contributed by atoms with Gasteiger partial charge in [-0.25, -0.2) is 0 Å². The van der Waals surface area contributed by atoms with Gasteiger partial charge in [-0.1, -0.05) is 0 Å². The zero-order valence-corrected chi connectivity index (χ0v) is 8.92. The number of nitrogens with zero attached hydrogens (tertiary/aromatic N) is 3. The number of rotatable bonds is 3. The van der Waals surface area contributed by atoms with Crippen LogP contribution in [-0.4, -0.2) is 9.78 Å². The van der Waals surface area contributed by atoms with Gasteiger partial charge >= 0.3 is 0 Å². The quantitative estimate of drug-likeness (QED) is 0.782. The van der Waals surface area contributed by atoms with Gasteiger partial charge < -0.3 is 4.74 Å². The van der Waals surface area contributed by atoms with E-state index in [4.69, 9.17) is 10.00 Å². The SMILES string of the molecule is Cn1cc(COc2ccc(C#N)cc2)cn1. The maximum absolute atomic E-state index is 8.64. The molecular formula is C12H11N3O. The maximum Gasteiger partial charge on any atom is 0.119 e. The van der Waals surface area contributed by atoms with Gasteiger partial charge in [-0.15, -0.1) is 0 Å². The molecule has 0 radical (unpaired) electrons. The van der Waals surface area contributed by atoms with E-state index in [1.807, 2.05) is 13.2 Å². The monoisotopic (exact) mass is 213 g/mol. The van der Waals surface area contributed by atoms with Crippen LogP contribution < -0.4 is 4.74 Å². The fourth-order valence-corrected chi connectivity index (χ4v) is 1.34. The summed E-state index contributed by atoms with van der Waals surface area (Å²) in [7, 11) is 1.87. The van der Waals surface area contributed by atoms with Gasteiger partial charge in [0.25, 0.3) is 0 Å². The minimum absolute atomic E-state index is 0.486. The first-order valence-electron chi connectivity index (χ1n) is 4.88. The Hall–Kier alpha value is -2.28. The summed E-state index contributed by atoms with van der Waals surface area (Å²) >= 11 is 0. The lowest BCUT2D eigenvalue weighted by atomic mass is 10.2. The van der Waals surface area contributed by atoms with Crippen LogP contribution >= 0.6 is 0 Å². The number of benzene rings is 1. The normalized spacial score (nSPS) is 9.75. The van der Waals surface area contributed by atoms with E-state index in [1.165, 1.54) is 0 Å². The molecule has 0 aliphatic heterocycles. The molecule has 0 saturated heterocycles. The Morgan fingerprint density at radius 3 is 2.69 bits per heavy atom. The summed E-state index contributed by atoms with van der Waals surface area (Å²) in [6, 6.07) is 9.11. The Morgan fingerprint density at radius 2 is 2.12 bits per heavy atom. The van der Waals surface area contributed by atoms with Crippen LogP contribution in [-0.2, 0) is 13.7 Å². The highest BCUT2D eigenvalue weighted by atomic mass is 16.5. The number of ether oxygens (including phenoxy) is 1. The summed E-state index contributed by atoms with van der Waals surface area (Å²) in [6.07, 6.45) is 3.67. The van der Waals surface area contributed by atoms with E-state index in [-0.39, 0.29) is 0 Å². The van der Waals surface area contributed by atoms with Crippen molar-refractivity contribution < 1.29 is 4.74 Å². The highest BCUT2D eigenvalue weighted by Gasteiger charge is 1.98. The maximum atomic E-state index is 8.64. The third-order valence-electron chi connectivity index (χ3n) is 2.15. The predicted octanol–water partition coefficient (Wildman–Crippen LogP) is 1.87. The standard InChI is InChI=1S/C12H11N3O/c1-15-8-11(7-14-15)9-16-12-4-2-10(6-13)3-5-12/h2-5,7-8H,9H2,1H3. The predicted molar refractivity (Wildman–Crippen MR) is 58.7 cm³/mol. The average molecular weight is 213 g/mol. The molecule has 1 heterocycles. The highest BCUT2D eigenvalue weighted by Crippen LogP contribution is 2.13. The lowest BCUT2D eigenvalue weighted by Gasteiger charge is -2.03. The molecule has 16 heavy (non-hydrogen) atoms. The molecule has 0 atom stereocenters. The summed E-state index contributed by atoms with van der Waals surface area (Å²) in [5, 5.41) is 12.7. The first kappa shape index (κ1) is 10.2. The molecule has 0 N–H and O–H groups in total. The summed E-state index contributed by atoms with van der Waals surface area (Å²) in [5.74, 6) is 0.753. The van der Waals surface area contributed by atoms with Crippen LogP contribution in [0, 0.1) is 11.3 Å². The molecule has 0 bridgehead atoms. The van der Waals surface area contributed by atoms with Gasteiger partial charge in [0.2, 0.25) is 0 Å². The Kier molecular flexibility index (Phi) is 2.88. The largest absolute Gasteiger partial charge is 0.489 e. The summed E-state index contributed by atoms with van der Waals surface area (Å²) < 4.78 is 7.28. The minimum Gasteiger partial charge on any atom is -0.489 e. The Balaban J connectivity index is 1.97. The van der Waals surface area contributed by atoms with Gasteiger partial charge in [-0.05, 0) is 24.3 Å². The summed E-state index contributed by atoms with van der Waals surface area (Å²) in [6.45, 7) is 0.486. The molecule has 0 saturated carbocycles. The van der Waals surface area contributed by atoms with Crippen molar-refractivity contribution in [3.8, 4) is 11.8 Å². The number of aromatic nitrogens is 2. The second-order valence-corrected chi connectivity index (χ2v) is 3.45. The number of nitriles is 1. The topological polar surface area (TPSA) is 50.8 Å². The second kappa shape index (κ2) is 4.49. The number of aryl methyl sites for hydroxylation is 1. The van der Waals surface area contributed by atoms with Crippen molar-refractivity contribution in [1.29, 1.82) is 5.26 Å². The zero-order chi connectivity index (χ0) is 11.4. The molecule has 1 aromatic heterocycles. The molecule has 4 nitrogen and oxygen atoms in total. The average Bonchev–Trinajstić information content (AvgIpc) is 2.73. The van der Waals surface area contributed by atoms with Crippen molar-refractivity contribution >= 4 is 0 Å². The van der Waals surface area contributed by atoms with Crippen LogP contribution in [0.2, 0.25) is 0 Å². The molecule has 0 aliphatic rings. The van der Waals surface area contributed by atoms with E-state index in [0.29, 0.717) is 12.2 Å². The van der Waals surface area contributed by atoms with Gasteiger partial charge in [0.1, 0.15) is 12.4 Å². The molecule has 1 aromatic carbocycles. The number of hydrogen-bond acceptors (Lipinski definition) is 3. The third kappa shape index (κ3) is 2.39. The fraction of sp³-hybridized carbons (Fsp3) is 0.167. The molecule has 0 aliphatic carbocycles. The van der Waals surface area contributed by atoms with Gasteiger partial charge in [0.15, 0.2) is 0 Å². The first-order chi connectivity index (χ1) is 7.78. The van der Waals surface area contributed by atoms with Crippen LogP contribution in [0.4, 0.5) is 0 Å². The molecule has 0 amide bonds. The molecule has 0 spiro atoms. The van der Waals surface area contributed by atoms with Crippen LogP contribution in [0.3, 0.4) is 0 Å². The first-order valence-corrected chi connectivity index (χ1v) is 4.88. The summed E-state index contributed by atoms with van der Waals surface area (Å²) in [5.41, 5.74) is 1.65. The van der Waals surface area contributed by atoms with Gasteiger partial charge in [0.05, 0.1) is 17.8 Å². The molecule has 2 rings (SSSR count). The molecule has 0 fully saturated rings. The van der Waals surface area contributed by atoms with Crippen molar-refractivity contribution in [1.82, 2.24) is 9.78 Å². The van der Waals surface area contributed by atoms with Gasteiger partial charge in [-0.3, -0.25) is 4.68 Å². The summed E-state index contributed by atoms with van der Waals surface area (Å²) in [4.78, 5) is 0. The van der Waals surface area contributed by atoms with E-state index in [9.17, 15) is 0 Å². The fourth-order valence-electron chi connectivity index (χ4n) is 1.34.